The Bertz CT molecular complexity index is 921. The second kappa shape index (κ2) is 7.82. The van der Waals surface area contributed by atoms with Gasteiger partial charge in [-0.05, 0) is 50.5 Å². The van der Waals surface area contributed by atoms with Crippen molar-refractivity contribution in [3.05, 3.63) is 65.2 Å². The van der Waals surface area contributed by atoms with Crippen molar-refractivity contribution in [1.82, 2.24) is 4.31 Å². The number of rotatable bonds is 5. The third-order valence-corrected chi connectivity index (χ3v) is 6.97. The molecule has 0 bridgehead atoms. The molecule has 0 aromatic heterocycles. The second-order valence-electron chi connectivity index (χ2n) is 6.88. The Morgan fingerprint density at radius 1 is 1.11 bits per heavy atom. The first-order valence-electron chi connectivity index (χ1n) is 9.17. The van der Waals surface area contributed by atoms with E-state index in [1.165, 1.54) is 4.31 Å². The lowest BCUT2D eigenvalue weighted by molar-refractivity contribution is -0.148. The van der Waals surface area contributed by atoms with Crippen LogP contribution in [0.1, 0.15) is 36.1 Å². The number of carbonyl (C=O) groups is 1. The first-order valence-corrected chi connectivity index (χ1v) is 10.6. The summed E-state index contributed by atoms with van der Waals surface area (Å²) in [5.74, 6) is -0.848. The van der Waals surface area contributed by atoms with Crippen molar-refractivity contribution in [2.24, 2.45) is 5.92 Å². The SMILES string of the molecule is CCOC(=O)[C@H]1CCN(S(=O)(=O)c2ccc(C)cc2)[C@H]1c1ccccc1C. The molecular weight excluding hydrogens is 362 g/mol. The molecule has 0 spiro atoms. The van der Waals surface area contributed by atoms with Crippen LogP contribution in [0.3, 0.4) is 0 Å². The van der Waals surface area contributed by atoms with Gasteiger partial charge in [-0.15, -0.1) is 0 Å². The van der Waals surface area contributed by atoms with Crippen LogP contribution in [0, 0.1) is 19.8 Å². The normalized spacial score (nSPS) is 20.6. The van der Waals surface area contributed by atoms with Gasteiger partial charge < -0.3 is 4.74 Å². The number of sulfonamides is 1. The van der Waals surface area contributed by atoms with Gasteiger partial charge in [0.05, 0.1) is 23.5 Å². The van der Waals surface area contributed by atoms with Crippen molar-refractivity contribution in [1.29, 1.82) is 0 Å². The molecule has 5 nitrogen and oxygen atoms in total. The van der Waals surface area contributed by atoms with Crippen LogP contribution in [0.15, 0.2) is 53.4 Å². The van der Waals surface area contributed by atoms with Gasteiger partial charge in [0.15, 0.2) is 0 Å². The molecule has 1 saturated heterocycles. The van der Waals surface area contributed by atoms with Crippen molar-refractivity contribution in [2.45, 2.75) is 38.1 Å². The molecule has 2 aromatic rings. The Balaban J connectivity index is 2.07. The highest BCUT2D eigenvalue weighted by Gasteiger charge is 2.46. The van der Waals surface area contributed by atoms with Crippen LogP contribution in [0.4, 0.5) is 0 Å². The van der Waals surface area contributed by atoms with E-state index in [9.17, 15) is 13.2 Å². The number of hydrogen-bond donors (Lipinski definition) is 0. The van der Waals surface area contributed by atoms with E-state index < -0.39 is 22.0 Å². The summed E-state index contributed by atoms with van der Waals surface area (Å²) in [5.41, 5.74) is 2.81. The average molecular weight is 388 g/mol. The highest BCUT2D eigenvalue weighted by Crippen LogP contribution is 2.42. The fourth-order valence-corrected chi connectivity index (χ4v) is 5.32. The summed E-state index contributed by atoms with van der Waals surface area (Å²) in [6.07, 6.45) is 0.447. The van der Waals surface area contributed by atoms with E-state index in [1.54, 1.807) is 31.2 Å². The lowest BCUT2D eigenvalue weighted by Gasteiger charge is -2.28. The lowest BCUT2D eigenvalue weighted by atomic mass is 9.91. The van der Waals surface area contributed by atoms with Crippen molar-refractivity contribution in [2.75, 3.05) is 13.2 Å². The summed E-state index contributed by atoms with van der Waals surface area (Å²) in [5, 5.41) is 0. The van der Waals surface area contributed by atoms with Gasteiger partial charge in [-0.3, -0.25) is 4.79 Å². The molecule has 0 saturated carbocycles. The number of esters is 1. The van der Waals surface area contributed by atoms with Crippen LogP contribution in [-0.2, 0) is 19.6 Å². The smallest absolute Gasteiger partial charge is 0.310 e. The van der Waals surface area contributed by atoms with Crippen LogP contribution < -0.4 is 0 Å². The molecule has 144 valence electrons. The number of carbonyl (C=O) groups excluding carboxylic acids is 1. The van der Waals surface area contributed by atoms with Gasteiger partial charge in [0.2, 0.25) is 10.0 Å². The minimum absolute atomic E-state index is 0.246. The maximum atomic E-state index is 13.3. The topological polar surface area (TPSA) is 63.7 Å². The molecule has 1 heterocycles. The molecule has 1 fully saturated rings. The van der Waals surface area contributed by atoms with Crippen LogP contribution in [0.2, 0.25) is 0 Å². The van der Waals surface area contributed by atoms with Gasteiger partial charge in [0.25, 0.3) is 0 Å². The Kier molecular flexibility index (Phi) is 5.67. The number of benzene rings is 2. The third-order valence-electron chi connectivity index (χ3n) is 5.08. The van der Waals surface area contributed by atoms with E-state index in [2.05, 4.69) is 0 Å². The van der Waals surface area contributed by atoms with Gasteiger partial charge >= 0.3 is 5.97 Å². The summed E-state index contributed by atoms with van der Waals surface area (Å²) in [6, 6.07) is 13.9. The minimum atomic E-state index is -3.73. The zero-order valence-corrected chi connectivity index (χ0v) is 16.7. The highest BCUT2D eigenvalue weighted by molar-refractivity contribution is 7.89. The first-order chi connectivity index (χ1) is 12.9. The molecule has 0 amide bonds. The second-order valence-corrected chi connectivity index (χ2v) is 8.77. The van der Waals surface area contributed by atoms with Crippen molar-refractivity contribution >= 4 is 16.0 Å². The molecule has 2 aromatic carbocycles. The van der Waals surface area contributed by atoms with Gasteiger partial charge in [-0.2, -0.15) is 4.31 Å². The number of aryl methyl sites for hydroxylation is 2. The molecule has 6 heteroatoms. The summed E-state index contributed by atoms with van der Waals surface area (Å²) in [6.45, 7) is 6.18. The van der Waals surface area contributed by atoms with E-state index in [0.717, 1.165) is 16.7 Å². The molecule has 2 atom stereocenters. The first kappa shape index (κ1) is 19.6. The minimum Gasteiger partial charge on any atom is -0.466 e. The Labute approximate surface area is 161 Å². The van der Waals surface area contributed by atoms with E-state index in [4.69, 9.17) is 4.74 Å². The van der Waals surface area contributed by atoms with Crippen molar-refractivity contribution in [3.63, 3.8) is 0 Å². The van der Waals surface area contributed by atoms with Gasteiger partial charge in [0, 0.05) is 6.54 Å². The van der Waals surface area contributed by atoms with Crippen LogP contribution in [0.25, 0.3) is 0 Å². The largest absolute Gasteiger partial charge is 0.466 e. The number of hydrogen-bond acceptors (Lipinski definition) is 4. The summed E-state index contributed by atoms with van der Waals surface area (Å²) >= 11 is 0. The molecule has 0 unspecified atom stereocenters. The molecule has 1 aliphatic rings. The fourth-order valence-electron chi connectivity index (χ4n) is 3.67. The molecule has 1 aliphatic heterocycles. The summed E-state index contributed by atoms with van der Waals surface area (Å²) < 4.78 is 33.4. The predicted octanol–water partition coefficient (Wildman–Crippen LogP) is 3.62. The molecule has 27 heavy (non-hydrogen) atoms. The Morgan fingerprint density at radius 2 is 1.78 bits per heavy atom. The molecule has 3 rings (SSSR count). The van der Waals surface area contributed by atoms with Crippen molar-refractivity contribution in [3.8, 4) is 0 Å². The van der Waals surface area contributed by atoms with E-state index >= 15 is 0 Å². The molecule has 0 N–H and O–H groups in total. The van der Waals surface area contributed by atoms with Crippen LogP contribution >= 0.6 is 0 Å². The van der Waals surface area contributed by atoms with Crippen molar-refractivity contribution < 1.29 is 17.9 Å². The van der Waals surface area contributed by atoms with Crippen LogP contribution in [-0.4, -0.2) is 31.8 Å². The van der Waals surface area contributed by atoms with Gasteiger partial charge in [-0.25, -0.2) is 8.42 Å². The van der Waals surface area contributed by atoms with E-state index in [-0.39, 0.29) is 17.5 Å². The van der Waals surface area contributed by atoms with E-state index in [1.807, 2.05) is 38.1 Å². The van der Waals surface area contributed by atoms with E-state index in [0.29, 0.717) is 13.0 Å². The monoisotopic (exact) mass is 387 g/mol. The van der Waals surface area contributed by atoms with Gasteiger partial charge in [0.1, 0.15) is 0 Å². The van der Waals surface area contributed by atoms with Gasteiger partial charge in [-0.1, -0.05) is 42.0 Å². The molecule has 0 radical (unpaired) electrons. The summed E-state index contributed by atoms with van der Waals surface area (Å²) in [7, 11) is -3.73. The standard InChI is InChI=1S/C21H25NO4S/c1-4-26-21(23)19-13-14-22(20(19)18-8-6-5-7-16(18)3)27(24,25)17-11-9-15(2)10-12-17/h5-12,19-20H,4,13-14H2,1-3H3/t19-,20-/m0/s1. The maximum absolute atomic E-state index is 13.3. The Hall–Kier alpha value is -2.18. The molecular formula is C21H25NO4S. The lowest BCUT2D eigenvalue weighted by Crippen LogP contribution is -2.34. The highest BCUT2D eigenvalue weighted by atomic mass is 32.2. The maximum Gasteiger partial charge on any atom is 0.310 e. The zero-order valence-electron chi connectivity index (χ0n) is 15.9. The quantitative estimate of drug-likeness (QED) is 0.735. The predicted molar refractivity (Wildman–Crippen MR) is 104 cm³/mol. The molecule has 0 aliphatic carbocycles. The fraction of sp³-hybridized carbons (Fsp3) is 0.381. The zero-order chi connectivity index (χ0) is 19.6. The third kappa shape index (κ3) is 3.77. The number of ether oxygens (including phenoxy) is 1. The average Bonchev–Trinajstić information content (AvgIpc) is 3.08. The Morgan fingerprint density at radius 3 is 2.41 bits per heavy atom. The number of nitrogens with zero attached hydrogens (tertiary/aromatic N) is 1. The van der Waals surface area contributed by atoms with Crippen LogP contribution in [0.5, 0.6) is 0 Å². The summed E-state index contributed by atoms with van der Waals surface area (Å²) in [4.78, 5) is 12.8.